The first-order chi connectivity index (χ1) is 11.3. The first-order valence-electron chi connectivity index (χ1n) is 9.43. The zero-order valence-electron chi connectivity index (χ0n) is 13.8. The largest absolute Gasteiger partial charge is 0.326 e. The number of likely N-dealkylation sites (tertiary alicyclic amines) is 1. The number of hydrogen-bond acceptors (Lipinski definition) is 2. The highest BCUT2D eigenvalue weighted by Gasteiger charge is 2.42. The summed E-state index contributed by atoms with van der Waals surface area (Å²) in [5.41, 5.74) is 3.68. The maximum atomic E-state index is 11.5. The maximum absolute atomic E-state index is 11.5. The van der Waals surface area contributed by atoms with Gasteiger partial charge in [-0.2, -0.15) is 0 Å². The number of carbonyl (C=O) groups excluding carboxylic acids is 1. The summed E-state index contributed by atoms with van der Waals surface area (Å²) in [5, 5.41) is 2.94. The molecule has 2 aliphatic carbocycles. The number of benzene rings is 1. The summed E-state index contributed by atoms with van der Waals surface area (Å²) in [6, 6.07) is 7.53. The van der Waals surface area contributed by atoms with E-state index in [1.54, 1.807) is 0 Å². The molecule has 2 aliphatic heterocycles. The molecule has 0 spiro atoms. The van der Waals surface area contributed by atoms with Crippen molar-refractivity contribution < 1.29 is 4.79 Å². The van der Waals surface area contributed by atoms with Crippen LogP contribution < -0.4 is 5.32 Å². The van der Waals surface area contributed by atoms with Gasteiger partial charge in [0.1, 0.15) is 0 Å². The third kappa shape index (κ3) is 2.40. The minimum Gasteiger partial charge on any atom is -0.326 e. The number of nitrogens with one attached hydrogen (secondary N) is 1. The molecular formula is C20H26N2O. The summed E-state index contributed by atoms with van der Waals surface area (Å²) in [4.78, 5) is 14.3. The summed E-state index contributed by atoms with van der Waals surface area (Å²) in [6.45, 7) is 2.54. The third-order valence-corrected chi connectivity index (χ3v) is 6.93. The number of piperidine rings is 1. The van der Waals surface area contributed by atoms with Gasteiger partial charge in [0.15, 0.2) is 0 Å². The van der Waals surface area contributed by atoms with Gasteiger partial charge in [0, 0.05) is 11.7 Å². The number of carbonyl (C=O) groups is 1. The molecule has 5 rings (SSSR count). The van der Waals surface area contributed by atoms with Crippen molar-refractivity contribution >= 4 is 11.6 Å². The average Bonchev–Trinajstić information content (AvgIpc) is 3.28. The topological polar surface area (TPSA) is 32.3 Å². The van der Waals surface area contributed by atoms with Gasteiger partial charge in [-0.1, -0.05) is 18.6 Å². The van der Waals surface area contributed by atoms with Gasteiger partial charge in [-0.3, -0.25) is 4.79 Å². The molecule has 3 unspecified atom stereocenters. The summed E-state index contributed by atoms with van der Waals surface area (Å²) < 4.78 is 0. The van der Waals surface area contributed by atoms with Gasteiger partial charge < -0.3 is 10.2 Å². The summed E-state index contributed by atoms with van der Waals surface area (Å²) in [7, 11) is 0. The van der Waals surface area contributed by atoms with E-state index in [4.69, 9.17) is 0 Å². The number of nitrogens with zero attached hydrogens (tertiary/aromatic N) is 1. The molecule has 2 saturated carbocycles. The fraction of sp³-hybridized carbons (Fsp3) is 0.650. The number of hydrogen-bond donors (Lipinski definition) is 1. The van der Waals surface area contributed by atoms with Crippen molar-refractivity contribution in [3.05, 3.63) is 29.3 Å². The Bertz CT molecular complexity index is 633. The predicted molar refractivity (Wildman–Crippen MR) is 91.6 cm³/mol. The fourth-order valence-electron chi connectivity index (χ4n) is 5.73. The second-order valence-electron chi connectivity index (χ2n) is 8.19. The smallest absolute Gasteiger partial charge is 0.228 e. The Balaban J connectivity index is 1.25. The van der Waals surface area contributed by atoms with Crippen molar-refractivity contribution in [1.29, 1.82) is 0 Å². The molecule has 3 atom stereocenters. The molecule has 1 amide bonds. The molecular weight excluding hydrogens is 284 g/mol. The molecule has 1 aromatic rings. The lowest BCUT2D eigenvalue weighted by Crippen LogP contribution is -2.43. The summed E-state index contributed by atoms with van der Waals surface area (Å²) >= 11 is 0. The highest BCUT2D eigenvalue weighted by molar-refractivity contribution is 5.99. The van der Waals surface area contributed by atoms with Gasteiger partial charge in [0.2, 0.25) is 5.91 Å². The Labute approximate surface area is 138 Å². The lowest BCUT2D eigenvalue weighted by atomic mass is 9.86. The minimum absolute atomic E-state index is 0.142. The summed E-state index contributed by atoms with van der Waals surface area (Å²) in [6.07, 6.45) is 9.11. The Morgan fingerprint density at radius 1 is 1.04 bits per heavy atom. The van der Waals surface area contributed by atoms with Gasteiger partial charge in [0.25, 0.3) is 0 Å². The molecule has 23 heavy (non-hydrogen) atoms. The van der Waals surface area contributed by atoms with Crippen LogP contribution in [-0.2, 0) is 11.2 Å². The Hall–Kier alpha value is -1.35. The van der Waals surface area contributed by atoms with E-state index in [0.29, 0.717) is 12.3 Å². The van der Waals surface area contributed by atoms with Crippen LogP contribution in [-0.4, -0.2) is 29.9 Å². The zero-order chi connectivity index (χ0) is 15.4. The molecule has 1 aromatic carbocycles. The lowest BCUT2D eigenvalue weighted by Gasteiger charge is -2.39. The van der Waals surface area contributed by atoms with E-state index in [9.17, 15) is 4.79 Å². The molecule has 0 aromatic heterocycles. The van der Waals surface area contributed by atoms with E-state index >= 15 is 0 Å². The van der Waals surface area contributed by atoms with E-state index in [2.05, 4.69) is 28.4 Å². The van der Waals surface area contributed by atoms with Gasteiger partial charge in [-0.15, -0.1) is 0 Å². The van der Waals surface area contributed by atoms with Gasteiger partial charge >= 0.3 is 0 Å². The Kier molecular flexibility index (Phi) is 3.26. The molecule has 3 nitrogen and oxygen atoms in total. The van der Waals surface area contributed by atoms with E-state index < -0.39 is 0 Å². The minimum atomic E-state index is 0.142. The van der Waals surface area contributed by atoms with Crippen LogP contribution in [0.1, 0.15) is 55.6 Å². The number of amides is 1. The molecule has 1 saturated heterocycles. The SMILES string of the molecule is O=C1Cc2cc(C3CCN(C4CC5CCC4C5)CC3)ccc2N1. The molecule has 2 heterocycles. The third-order valence-electron chi connectivity index (χ3n) is 6.93. The van der Waals surface area contributed by atoms with Crippen molar-refractivity contribution in [3.63, 3.8) is 0 Å². The summed E-state index contributed by atoms with van der Waals surface area (Å²) in [5.74, 6) is 2.88. The van der Waals surface area contributed by atoms with E-state index in [1.165, 1.54) is 62.7 Å². The molecule has 0 radical (unpaired) electrons. The van der Waals surface area contributed by atoms with Crippen molar-refractivity contribution in [2.75, 3.05) is 18.4 Å². The number of anilines is 1. The molecule has 122 valence electrons. The van der Waals surface area contributed by atoms with Crippen molar-refractivity contribution in [2.45, 2.75) is 56.9 Å². The van der Waals surface area contributed by atoms with Crippen LogP contribution in [0, 0.1) is 11.8 Å². The van der Waals surface area contributed by atoms with Crippen LogP contribution >= 0.6 is 0 Å². The van der Waals surface area contributed by atoms with E-state index in [1.807, 2.05) is 0 Å². The molecule has 3 heteroatoms. The first-order valence-corrected chi connectivity index (χ1v) is 9.43. The second kappa shape index (κ2) is 5.34. The molecule has 2 bridgehead atoms. The monoisotopic (exact) mass is 310 g/mol. The quantitative estimate of drug-likeness (QED) is 0.906. The maximum Gasteiger partial charge on any atom is 0.228 e. The highest BCUT2D eigenvalue weighted by atomic mass is 16.1. The molecule has 1 N–H and O–H groups in total. The van der Waals surface area contributed by atoms with Crippen LogP contribution in [0.4, 0.5) is 5.69 Å². The van der Waals surface area contributed by atoms with Crippen molar-refractivity contribution in [1.82, 2.24) is 4.90 Å². The number of fused-ring (bicyclic) bond motifs is 3. The lowest BCUT2D eigenvalue weighted by molar-refractivity contribution is -0.115. The molecule has 4 aliphatic rings. The normalized spacial score (nSPS) is 33.9. The second-order valence-corrected chi connectivity index (χ2v) is 8.19. The number of rotatable bonds is 2. The van der Waals surface area contributed by atoms with Crippen LogP contribution in [0.2, 0.25) is 0 Å². The first kappa shape index (κ1) is 14.0. The van der Waals surface area contributed by atoms with Crippen LogP contribution in [0.3, 0.4) is 0 Å². The predicted octanol–water partition coefficient (Wildman–Crippen LogP) is 3.55. The van der Waals surface area contributed by atoms with Crippen LogP contribution in [0.5, 0.6) is 0 Å². The fourth-order valence-corrected chi connectivity index (χ4v) is 5.73. The molecule has 3 fully saturated rings. The van der Waals surface area contributed by atoms with Crippen molar-refractivity contribution in [3.8, 4) is 0 Å². The highest BCUT2D eigenvalue weighted by Crippen LogP contribution is 2.47. The van der Waals surface area contributed by atoms with Crippen molar-refractivity contribution in [2.24, 2.45) is 11.8 Å². The van der Waals surface area contributed by atoms with Gasteiger partial charge in [-0.05, 0) is 80.1 Å². The van der Waals surface area contributed by atoms with Gasteiger partial charge in [-0.25, -0.2) is 0 Å². The standard InChI is InChI=1S/C20H26N2O/c23-20-12-17-11-15(3-4-18(17)21-20)14-5-7-22(8-6-14)19-10-13-1-2-16(19)9-13/h3-4,11,13-14,16,19H,1-2,5-10,12H2,(H,21,23). The Morgan fingerprint density at radius 2 is 1.91 bits per heavy atom. The average molecular weight is 310 g/mol. The van der Waals surface area contributed by atoms with E-state index in [-0.39, 0.29) is 5.91 Å². The Morgan fingerprint density at radius 3 is 2.65 bits per heavy atom. The zero-order valence-corrected chi connectivity index (χ0v) is 13.8. The van der Waals surface area contributed by atoms with Crippen LogP contribution in [0.15, 0.2) is 18.2 Å². The van der Waals surface area contributed by atoms with Crippen LogP contribution in [0.25, 0.3) is 0 Å². The van der Waals surface area contributed by atoms with Gasteiger partial charge in [0.05, 0.1) is 6.42 Å². The van der Waals surface area contributed by atoms with E-state index in [0.717, 1.165) is 23.6 Å².